The fraction of sp³-hybridized carbons (Fsp3) is 0.368. The number of rotatable bonds is 6. The van der Waals surface area contributed by atoms with Crippen LogP contribution in [-0.4, -0.2) is 58.8 Å². The van der Waals surface area contributed by atoms with Gasteiger partial charge in [0.25, 0.3) is 5.56 Å². The first-order valence-electron chi connectivity index (χ1n) is 8.71. The van der Waals surface area contributed by atoms with Crippen molar-refractivity contribution in [3.05, 3.63) is 68.6 Å². The molecule has 0 atom stereocenters. The summed E-state index contributed by atoms with van der Waals surface area (Å²) in [5.74, 6) is 0. The van der Waals surface area contributed by atoms with Gasteiger partial charge in [0.05, 0.1) is 17.8 Å². The molecule has 1 aromatic carbocycles. The van der Waals surface area contributed by atoms with Crippen LogP contribution in [-0.2, 0) is 6.54 Å². The molecule has 5 nitrogen and oxygen atoms in total. The molecule has 0 saturated carbocycles. The minimum atomic E-state index is -0.330. The Morgan fingerprint density at radius 1 is 1.00 bits per heavy atom. The first-order valence-corrected chi connectivity index (χ1v) is 9.46. The Bertz CT molecular complexity index is 799. The average molecular weight is 393 g/mol. The molecule has 2 heterocycles. The summed E-state index contributed by atoms with van der Waals surface area (Å²) in [6, 6.07) is 10.3. The van der Waals surface area contributed by atoms with Crippen LogP contribution in [0.3, 0.4) is 0 Å². The molecule has 0 radical (unpaired) electrons. The summed E-state index contributed by atoms with van der Waals surface area (Å²) in [7, 11) is 0. The fourth-order valence-corrected chi connectivity index (χ4v) is 3.21. The number of hydrogen-bond acceptors (Lipinski definition) is 4. The molecular weight excluding hydrogens is 371 g/mol. The average Bonchev–Trinajstić information content (AvgIpc) is 2.67. The molecule has 1 aromatic heterocycles. The van der Waals surface area contributed by atoms with E-state index in [4.69, 9.17) is 23.2 Å². The summed E-state index contributed by atoms with van der Waals surface area (Å²) in [5, 5.41) is 4.29. The highest BCUT2D eigenvalue weighted by Crippen LogP contribution is 2.14. The highest BCUT2D eigenvalue weighted by molar-refractivity contribution is 6.41. The van der Waals surface area contributed by atoms with Crippen LogP contribution in [0.25, 0.3) is 6.08 Å². The van der Waals surface area contributed by atoms with Gasteiger partial charge in [0, 0.05) is 39.3 Å². The van der Waals surface area contributed by atoms with Crippen molar-refractivity contribution in [3.63, 3.8) is 0 Å². The van der Waals surface area contributed by atoms with E-state index in [0.717, 1.165) is 39.3 Å². The van der Waals surface area contributed by atoms with Gasteiger partial charge in [-0.15, -0.1) is 0 Å². The van der Waals surface area contributed by atoms with E-state index in [1.807, 2.05) is 18.2 Å². The predicted octanol–water partition coefficient (Wildman–Crippen LogP) is 2.88. The van der Waals surface area contributed by atoms with Gasteiger partial charge in [0.1, 0.15) is 5.02 Å². The van der Waals surface area contributed by atoms with Crippen LogP contribution in [0.4, 0.5) is 0 Å². The minimum Gasteiger partial charge on any atom is -0.299 e. The SMILES string of the molecule is O=c1c(Cl)c(Cl)cnn1CCN1CCN(CC=Cc2ccccc2)CC1. The van der Waals surface area contributed by atoms with E-state index in [1.54, 1.807) is 0 Å². The van der Waals surface area contributed by atoms with E-state index in [1.165, 1.54) is 16.4 Å². The molecule has 1 aliphatic heterocycles. The molecule has 0 spiro atoms. The molecule has 1 fully saturated rings. The second-order valence-electron chi connectivity index (χ2n) is 6.29. The Morgan fingerprint density at radius 3 is 2.42 bits per heavy atom. The molecule has 138 valence electrons. The van der Waals surface area contributed by atoms with Crippen LogP contribution >= 0.6 is 23.2 Å². The van der Waals surface area contributed by atoms with Gasteiger partial charge in [-0.3, -0.25) is 14.6 Å². The molecule has 7 heteroatoms. The first-order chi connectivity index (χ1) is 12.6. The normalized spacial score (nSPS) is 16.4. The molecule has 2 aromatic rings. The zero-order chi connectivity index (χ0) is 18.4. The first kappa shape index (κ1) is 19.1. The van der Waals surface area contributed by atoms with E-state index in [9.17, 15) is 4.79 Å². The third-order valence-electron chi connectivity index (χ3n) is 4.51. The lowest BCUT2D eigenvalue weighted by Gasteiger charge is -2.34. The summed E-state index contributed by atoms with van der Waals surface area (Å²) < 4.78 is 1.38. The summed E-state index contributed by atoms with van der Waals surface area (Å²) >= 11 is 11.7. The highest BCUT2D eigenvalue weighted by atomic mass is 35.5. The molecule has 0 bridgehead atoms. The zero-order valence-corrected chi connectivity index (χ0v) is 16.0. The van der Waals surface area contributed by atoms with E-state index in [2.05, 4.69) is 39.2 Å². The molecule has 0 amide bonds. The lowest BCUT2D eigenvalue weighted by molar-refractivity contribution is 0.137. The Labute approximate surface area is 163 Å². The highest BCUT2D eigenvalue weighted by Gasteiger charge is 2.16. The maximum Gasteiger partial charge on any atom is 0.287 e. The molecule has 1 aliphatic rings. The topological polar surface area (TPSA) is 41.4 Å². The van der Waals surface area contributed by atoms with Gasteiger partial charge in [-0.25, -0.2) is 4.68 Å². The second-order valence-corrected chi connectivity index (χ2v) is 7.08. The number of aromatic nitrogens is 2. The van der Waals surface area contributed by atoms with Gasteiger partial charge in [-0.05, 0) is 5.56 Å². The summed E-state index contributed by atoms with van der Waals surface area (Å²) in [6.45, 7) is 6.24. The molecule has 1 saturated heterocycles. The third-order valence-corrected chi connectivity index (χ3v) is 5.26. The van der Waals surface area contributed by atoms with Crippen LogP contribution < -0.4 is 5.56 Å². The second kappa shape index (κ2) is 9.33. The number of halogens is 2. The van der Waals surface area contributed by atoms with Crippen molar-refractivity contribution in [2.24, 2.45) is 0 Å². The largest absolute Gasteiger partial charge is 0.299 e. The predicted molar refractivity (Wildman–Crippen MR) is 107 cm³/mol. The summed E-state index contributed by atoms with van der Waals surface area (Å²) in [5.41, 5.74) is 0.898. The summed E-state index contributed by atoms with van der Waals surface area (Å²) in [4.78, 5) is 16.8. The van der Waals surface area contributed by atoms with Crippen molar-refractivity contribution in [2.75, 3.05) is 39.3 Å². The van der Waals surface area contributed by atoms with Crippen molar-refractivity contribution < 1.29 is 0 Å². The Morgan fingerprint density at radius 2 is 1.69 bits per heavy atom. The van der Waals surface area contributed by atoms with Crippen LogP contribution in [0.1, 0.15) is 5.56 Å². The number of nitrogens with zero attached hydrogens (tertiary/aromatic N) is 4. The third kappa shape index (κ3) is 5.17. The van der Waals surface area contributed by atoms with E-state index < -0.39 is 0 Å². The van der Waals surface area contributed by atoms with Crippen LogP contribution in [0.15, 0.2) is 47.4 Å². The Kier molecular flexibility index (Phi) is 6.86. The van der Waals surface area contributed by atoms with Gasteiger partial charge < -0.3 is 0 Å². The zero-order valence-electron chi connectivity index (χ0n) is 14.5. The van der Waals surface area contributed by atoms with Gasteiger partial charge in [0.15, 0.2) is 0 Å². The van der Waals surface area contributed by atoms with Gasteiger partial charge in [0.2, 0.25) is 0 Å². The lowest BCUT2D eigenvalue weighted by Crippen LogP contribution is -2.47. The fourth-order valence-electron chi connectivity index (χ4n) is 2.94. The van der Waals surface area contributed by atoms with Gasteiger partial charge in [-0.1, -0.05) is 65.7 Å². The molecular formula is C19H22Cl2N4O. The summed E-state index contributed by atoms with van der Waals surface area (Å²) in [6.07, 6.45) is 5.79. The number of hydrogen-bond donors (Lipinski definition) is 0. The van der Waals surface area contributed by atoms with Crippen molar-refractivity contribution in [2.45, 2.75) is 6.54 Å². The van der Waals surface area contributed by atoms with Gasteiger partial charge in [-0.2, -0.15) is 5.10 Å². The smallest absolute Gasteiger partial charge is 0.287 e. The Hall–Kier alpha value is -1.66. The molecule has 0 unspecified atom stereocenters. The Balaban J connectivity index is 1.42. The monoisotopic (exact) mass is 392 g/mol. The van der Waals surface area contributed by atoms with Crippen LogP contribution in [0.2, 0.25) is 10.0 Å². The van der Waals surface area contributed by atoms with E-state index in [-0.39, 0.29) is 15.6 Å². The van der Waals surface area contributed by atoms with Crippen molar-refractivity contribution in [3.8, 4) is 0 Å². The van der Waals surface area contributed by atoms with Crippen molar-refractivity contribution in [1.29, 1.82) is 0 Å². The quantitative estimate of drug-likeness (QED) is 0.757. The van der Waals surface area contributed by atoms with E-state index in [0.29, 0.717) is 6.54 Å². The number of piperazine rings is 1. The molecule has 0 aliphatic carbocycles. The van der Waals surface area contributed by atoms with Crippen molar-refractivity contribution >= 4 is 29.3 Å². The molecule has 26 heavy (non-hydrogen) atoms. The maximum atomic E-state index is 12.0. The van der Waals surface area contributed by atoms with Gasteiger partial charge >= 0.3 is 0 Å². The molecule has 3 rings (SSSR count). The lowest BCUT2D eigenvalue weighted by atomic mass is 10.2. The number of benzene rings is 1. The molecule has 0 N–H and O–H groups in total. The van der Waals surface area contributed by atoms with Crippen molar-refractivity contribution in [1.82, 2.24) is 19.6 Å². The van der Waals surface area contributed by atoms with E-state index >= 15 is 0 Å². The van der Waals surface area contributed by atoms with Crippen LogP contribution in [0.5, 0.6) is 0 Å². The standard InChI is InChI=1S/C19H22Cl2N4O/c20-17-15-22-25(19(26)18(17)21)14-13-24-11-9-23(10-12-24)8-4-7-16-5-2-1-3-6-16/h1-7,15H,8-14H2. The van der Waals surface area contributed by atoms with Crippen LogP contribution in [0, 0.1) is 0 Å². The minimum absolute atomic E-state index is 0.0386. The maximum absolute atomic E-state index is 12.0.